The van der Waals surface area contributed by atoms with E-state index in [4.69, 9.17) is 0 Å². The zero-order chi connectivity index (χ0) is 21.7. The summed E-state index contributed by atoms with van der Waals surface area (Å²) in [6, 6.07) is 17.7. The number of benzene rings is 3. The Morgan fingerprint density at radius 3 is 2.27 bits per heavy atom. The molecule has 0 saturated carbocycles. The fourth-order valence-electron chi connectivity index (χ4n) is 2.81. The molecular formula is C22H20F2N2O3S. The lowest BCUT2D eigenvalue weighted by atomic mass is 10.1. The quantitative estimate of drug-likeness (QED) is 0.614. The summed E-state index contributed by atoms with van der Waals surface area (Å²) in [5.74, 6) is -2.47. The molecule has 0 heterocycles. The van der Waals surface area contributed by atoms with Crippen molar-refractivity contribution in [3.8, 4) is 0 Å². The molecule has 0 fully saturated rings. The Kier molecular flexibility index (Phi) is 6.59. The maximum absolute atomic E-state index is 13.8. The van der Waals surface area contributed by atoms with Gasteiger partial charge in [0.25, 0.3) is 0 Å². The van der Waals surface area contributed by atoms with Crippen molar-refractivity contribution in [1.29, 1.82) is 0 Å². The number of carbonyl (C=O) groups excluding carboxylic acids is 1. The molecule has 1 N–H and O–H groups in total. The molecule has 3 aromatic carbocycles. The van der Waals surface area contributed by atoms with Crippen molar-refractivity contribution in [2.75, 3.05) is 11.9 Å². The number of nitrogens with one attached hydrogen (secondary N) is 1. The van der Waals surface area contributed by atoms with Gasteiger partial charge in [0.1, 0.15) is 11.6 Å². The van der Waals surface area contributed by atoms with Crippen LogP contribution in [0.25, 0.3) is 0 Å². The van der Waals surface area contributed by atoms with Gasteiger partial charge in [-0.3, -0.25) is 4.79 Å². The minimum absolute atomic E-state index is 0.0397. The van der Waals surface area contributed by atoms with Gasteiger partial charge in [-0.05, 0) is 36.8 Å². The Hall–Kier alpha value is -3.10. The SMILES string of the molecule is Cc1ccc(CN(CC(=O)Nc2ccc(F)cc2F)S(=O)(=O)c2ccccc2)cc1. The van der Waals surface area contributed by atoms with E-state index in [0.717, 1.165) is 22.0 Å². The molecule has 0 aromatic heterocycles. The Morgan fingerprint density at radius 1 is 0.967 bits per heavy atom. The van der Waals surface area contributed by atoms with Crippen LogP contribution in [0.2, 0.25) is 0 Å². The number of hydrogen-bond donors (Lipinski definition) is 1. The Morgan fingerprint density at radius 2 is 1.63 bits per heavy atom. The number of halogens is 2. The number of amides is 1. The molecule has 156 valence electrons. The fourth-order valence-corrected chi connectivity index (χ4v) is 4.21. The molecule has 5 nitrogen and oxygen atoms in total. The standard InChI is InChI=1S/C22H20F2N2O3S/c1-16-7-9-17(10-8-16)14-26(30(28,29)19-5-3-2-4-6-19)15-22(27)25-21-12-11-18(23)13-20(21)24/h2-13H,14-15H2,1H3,(H,25,27). The number of sulfonamides is 1. The molecule has 8 heteroatoms. The summed E-state index contributed by atoms with van der Waals surface area (Å²) >= 11 is 0. The lowest BCUT2D eigenvalue weighted by molar-refractivity contribution is -0.116. The van der Waals surface area contributed by atoms with Crippen molar-refractivity contribution in [1.82, 2.24) is 4.31 Å². The lowest BCUT2D eigenvalue weighted by Crippen LogP contribution is -2.37. The van der Waals surface area contributed by atoms with Crippen LogP contribution in [0.4, 0.5) is 14.5 Å². The first-order chi connectivity index (χ1) is 14.3. The predicted molar refractivity (Wildman–Crippen MR) is 110 cm³/mol. The van der Waals surface area contributed by atoms with Crippen LogP contribution in [0.15, 0.2) is 77.7 Å². The van der Waals surface area contributed by atoms with E-state index in [-0.39, 0.29) is 17.1 Å². The highest BCUT2D eigenvalue weighted by molar-refractivity contribution is 7.89. The minimum Gasteiger partial charge on any atom is -0.322 e. The molecule has 0 bridgehead atoms. The second-order valence-electron chi connectivity index (χ2n) is 6.74. The predicted octanol–water partition coefficient (Wildman–Crippen LogP) is 4.10. The summed E-state index contributed by atoms with van der Waals surface area (Å²) in [5, 5.41) is 2.30. The number of anilines is 1. The molecule has 0 aliphatic heterocycles. The third kappa shape index (κ3) is 5.28. The molecular weight excluding hydrogens is 410 g/mol. The normalized spacial score (nSPS) is 11.5. The van der Waals surface area contributed by atoms with Crippen molar-refractivity contribution in [3.05, 3.63) is 95.6 Å². The number of rotatable bonds is 7. The molecule has 1 amide bonds. The van der Waals surface area contributed by atoms with Gasteiger partial charge in [-0.2, -0.15) is 4.31 Å². The van der Waals surface area contributed by atoms with Crippen LogP contribution in [0.1, 0.15) is 11.1 Å². The summed E-state index contributed by atoms with van der Waals surface area (Å²) in [5.41, 5.74) is 1.48. The van der Waals surface area contributed by atoms with Crippen LogP contribution in [0.5, 0.6) is 0 Å². The molecule has 3 rings (SSSR count). The van der Waals surface area contributed by atoms with Crippen LogP contribution in [-0.4, -0.2) is 25.2 Å². The zero-order valence-corrected chi connectivity index (χ0v) is 17.0. The van der Waals surface area contributed by atoms with Crippen LogP contribution in [0, 0.1) is 18.6 Å². The van der Waals surface area contributed by atoms with Crippen LogP contribution in [0.3, 0.4) is 0 Å². The lowest BCUT2D eigenvalue weighted by Gasteiger charge is -2.22. The molecule has 0 unspecified atom stereocenters. The summed E-state index contributed by atoms with van der Waals surface area (Å²) in [4.78, 5) is 12.5. The molecule has 0 spiro atoms. The molecule has 3 aromatic rings. The van der Waals surface area contributed by atoms with Crippen molar-refractivity contribution in [2.45, 2.75) is 18.4 Å². The van der Waals surface area contributed by atoms with Gasteiger partial charge >= 0.3 is 0 Å². The Bertz CT molecular complexity index is 1130. The van der Waals surface area contributed by atoms with Crippen molar-refractivity contribution >= 4 is 21.6 Å². The zero-order valence-electron chi connectivity index (χ0n) is 16.2. The third-order valence-electron chi connectivity index (χ3n) is 4.39. The second-order valence-corrected chi connectivity index (χ2v) is 8.68. The van der Waals surface area contributed by atoms with Gasteiger partial charge in [0.05, 0.1) is 17.1 Å². The van der Waals surface area contributed by atoms with Gasteiger partial charge in [-0.25, -0.2) is 17.2 Å². The van der Waals surface area contributed by atoms with E-state index < -0.39 is 34.1 Å². The third-order valence-corrected chi connectivity index (χ3v) is 6.19. The van der Waals surface area contributed by atoms with Crippen molar-refractivity contribution in [2.24, 2.45) is 0 Å². The maximum atomic E-state index is 13.8. The number of hydrogen-bond acceptors (Lipinski definition) is 3. The number of nitrogens with zero attached hydrogens (tertiary/aromatic N) is 1. The summed E-state index contributed by atoms with van der Waals surface area (Å²) in [7, 11) is -3.99. The molecule has 0 saturated heterocycles. The van der Waals surface area contributed by atoms with E-state index in [9.17, 15) is 22.0 Å². The smallest absolute Gasteiger partial charge is 0.243 e. The van der Waals surface area contributed by atoms with Gasteiger partial charge in [-0.15, -0.1) is 0 Å². The summed E-state index contributed by atoms with van der Waals surface area (Å²) in [6.45, 7) is 1.33. The highest BCUT2D eigenvalue weighted by Gasteiger charge is 2.27. The van der Waals surface area contributed by atoms with Crippen LogP contribution >= 0.6 is 0 Å². The van der Waals surface area contributed by atoms with E-state index in [2.05, 4.69) is 5.32 Å². The molecule has 0 aliphatic rings. The van der Waals surface area contributed by atoms with Crippen LogP contribution in [-0.2, 0) is 21.4 Å². The molecule has 0 atom stereocenters. The van der Waals surface area contributed by atoms with E-state index in [1.54, 1.807) is 30.3 Å². The van der Waals surface area contributed by atoms with Crippen molar-refractivity contribution in [3.63, 3.8) is 0 Å². The maximum Gasteiger partial charge on any atom is 0.243 e. The number of aryl methyl sites for hydroxylation is 1. The largest absolute Gasteiger partial charge is 0.322 e. The number of carbonyl (C=O) groups is 1. The second kappa shape index (κ2) is 9.15. The summed E-state index contributed by atoms with van der Waals surface area (Å²) < 4.78 is 54.2. The van der Waals surface area contributed by atoms with E-state index in [0.29, 0.717) is 11.6 Å². The van der Waals surface area contributed by atoms with E-state index >= 15 is 0 Å². The highest BCUT2D eigenvalue weighted by atomic mass is 32.2. The van der Waals surface area contributed by atoms with Gasteiger partial charge in [0.2, 0.25) is 15.9 Å². The highest BCUT2D eigenvalue weighted by Crippen LogP contribution is 2.20. The minimum atomic E-state index is -3.99. The molecule has 0 aliphatic carbocycles. The average molecular weight is 430 g/mol. The first kappa shape index (κ1) is 21.6. The topological polar surface area (TPSA) is 66.5 Å². The summed E-state index contributed by atoms with van der Waals surface area (Å²) in [6.07, 6.45) is 0. The molecule has 30 heavy (non-hydrogen) atoms. The van der Waals surface area contributed by atoms with Gasteiger partial charge in [-0.1, -0.05) is 48.0 Å². The Balaban J connectivity index is 1.86. The average Bonchev–Trinajstić information content (AvgIpc) is 2.72. The van der Waals surface area contributed by atoms with Gasteiger partial charge in [0.15, 0.2) is 0 Å². The van der Waals surface area contributed by atoms with Gasteiger partial charge in [0, 0.05) is 12.6 Å². The van der Waals surface area contributed by atoms with Crippen molar-refractivity contribution < 1.29 is 22.0 Å². The van der Waals surface area contributed by atoms with Gasteiger partial charge < -0.3 is 5.32 Å². The first-order valence-corrected chi connectivity index (χ1v) is 10.6. The van der Waals surface area contributed by atoms with Crippen LogP contribution < -0.4 is 5.32 Å². The first-order valence-electron chi connectivity index (χ1n) is 9.11. The monoisotopic (exact) mass is 430 g/mol. The van der Waals surface area contributed by atoms with E-state index in [1.165, 1.54) is 12.1 Å². The fraction of sp³-hybridized carbons (Fsp3) is 0.136. The Labute approximate surface area is 174 Å². The van der Waals surface area contributed by atoms with E-state index in [1.807, 2.05) is 19.1 Å². The molecule has 0 radical (unpaired) electrons.